The number of aliphatic carboxylic acids is 1. The number of nitrogens with zero attached hydrogens (tertiary/aromatic N) is 1. The van der Waals surface area contributed by atoms with Gasteiger partial charge in [-0.05, 0) is 24.1 Å². The van der Waals surface area contributed by atoms with Crippen LogP contribution in [-0.2, 0) is 21.2 Å². The van der Waals surface area contributed by atoms with Crippen molar-refractivity contribution in [3.63, 3.8) is 0 Å². The number of carboxylic acids is 1. The molecule has 0 bridgehead atoms. The first-order chi connectivity index (χ1) is 12.8. The number of sulfonamides is 1. The Morgan fingerprint density at radius 2 is 1.67 bits per heavy atom. The maximum atomic E-state index is 13.7. The topological polar surface area (TPSA) is 74.7 Å². The van der Waals surface area contributed by atoms with E-state index in [0.29, 0.717) is 0 Å². The molecule has 2 atom stereocenters. The molecule has 0 unspecified atom stereocenters. The lowest BCUT2D eigenvalue weighted by Gasteiger charge is -2.17. The number of benzene rings is 2. The van der Waals surface area contributed by atoms with Crippen LogP contribution in [0.4, 0.5) is 8.78 Å². The van der Waals surface area contributed by atoms with E-state index >= 15 is 0 Å². The van der Waals surface area contributed by atoms with Crippen LogP contribution in [-0.4, -0.2) is 42.6 Å². The van der Waals surface area contributed by atoms with Crippen LogP contribution in [0.2, 0.25) is 0 Å². The highest BCUT2D eigenvalue weighted by Gasteiger charge is 2.42. The van der Waals surface area contributed by atoms with Crippen molar-refractivity contribution in [1.29, 1.82) is 0 Å². The van der Waals surface area contributed by atoms with E-state index in [1.165, 1.54) is 6.07 Å². The Kier molecular flexibility index (Phi) is 5.57. The van der Waals surface area contributed by atoms with E-state index in [1.807, 2.05) is 0 Å². The number of carbonyl (C=O) groups is 1. The Bertz CT molecular complexity index is 914. The van der Waals surface area contributed by atoms with Crippen molar-refractivity contribution in [2.45, 2.75) is 12.3 Å². The van der Waals surface area contributed by atoms with Gasteiger partial charge in [0, 0.05) is 24.6 Å². The van der Waals surface area contributed by atoms with Crippen LogP contribution < -0.4 is 0 Å². The summed E-state index contributed by atoms with van der Waals surface area (Å²) in [5.74, 6) is -4.48. The molecule has 0 aliphatic carbocycles. The quantitative estimate of drug-likeness (QED) is 0.816. The van der Waals surface area contributed by atoms with E-state index in [2.05, 4.69) is 0 Å². The van der Waals surface area contributed by atoms with Crippen LogP contribution in [0.25, 0.3) is 0 Å². The molecule has 8 heteroatoms. The Hall–Kier alpha value is -2.32. The van der Waals surface area contributed by atoms with Gasteiger partial charge >= 0.3 is 5.97 Å². The average molecular weight is 395 g/mol. The Morgan fingerprint density at radius 1 is 1.04 bits per heavy atom. The molecule has 0 aromatic heterocycles. The lowest BCUT2D eigenvalue weighted by molar-refractivity contribution is -0.141. The van der Waals surface area contributed by atoms with Crippen LogP contribution in [0.1, 0.15) is 17.0 Å². The summed E-state index contributed by atoms with van der Waals surface area (Å²) in [7, 11) is -3.86. The highest BCUT2D eigenvalue weighted by molar-refractivity contribution is 7.89. The molecule has 0 spiro atoms. The Morgan fingerprint density at radius 3 is 2.26 bits per heavy atom. The molecule has 0 radical (unpaired) electrons. The highest BCUT2D eigenvalue weighted by atomic mass is 32.2. The second-order valence-electron chi connectivity index (χ2n) is 6.55. The molecule has 2 aromatic rings. The number of halogens is 2. The summed E-state index contributed by atoms with van der Waals surface area (Å²) in [5.41, 5.74) is 0.470. The molecule has 27 heavy (non-hydrogen) atoms. The molecule has 1 aliphatic heterocycles. The van der Waals surface area contributed by atoms with Crippen molar-refractivity contribution in [2.75, 3.05) is 18.8 Å². The molecule has 3 rings (SSSR count). The van der Waals surface area contributed by atoms with Gasteiger partial charge in [0.1, 0.15) is 11.6 Å². The molecule has 1 heterocycles. The maximum absolute atomic E-state index is 13.7. The van der Waals surface area contributed by atoms with Crippen LogP contribution in [0.3, 0.4) is 0 Å². The van der Waals surface area contributed by atoms with Gasteiger partial charge in [-0.1, -0.05) is 36.4 Å². The molecular formula is C19H19F2NO4S. The molecule has 1 aliphatic rings. The number of carboxylic acid groups (broad SMARTS) is 1. The second kappa shape index (κ2) is 7.74. The third kappa shape index (κ3) is 4.17. The minimum absolute atomic E-state index is 0.0308. The minimum Gasteiger partial charge on any atom is -0.481 e. The summed E-state index contributed by atoms with van der Waals surface area (Å²) >= 11 is 0. The average Bonchev–Trinajstić information content (AvgIpc) is 3.09. The lowest BCUT2D eigenvalue weighted by Crippen LogP contribution is -2.32. The predicted molar refractivity (Wildman–Crippen MR) is 95.7 cm³/mol. The van der Waals surface area contributed by atoms with Gasteiger partial charge in [0.2, 0.25) is 10.0 Å². The van der Waals surface area contributed by atoms with Gasteiger partial charge in [-0.3, -0.25) is 4.79 Å². The number of hydrogen-bond acceptors (Lipinski definition) is 3. The van der Waals surface area contributed by atoms with Gasteiger partial charge in [-0.25, -0.2) is 21.5 Å². The fourth-order valence-corrected chi connectivity index (χ4v) is 4.91. The zero-order valence-electron chi connectivity index (χ0n) is 14.4. The zero-order valence-corrected chi connectivity index (χ0v) is 15.2. The summed E-state index contributed by atoms with van der Waals surface area (Å²) in [4.78, 5) is 11.6. The molecule has 144 valence electrons. The van der Waals surface area contributed by atoms with E-state index in [-0.39, 0.29) is 25.1 Å². The standard InChI is InChI=1S/C19H19F2NO4S/c20-17-7-4-8-18(21)14(17)9-10-27(25,26)22-11-15(16(12-22)19(23)24)13-5-2-1-3-6-13/h1-8,15-16H,9-12H2,(H,23,24)/t15-,16+/m1/s1. The van der Waals surface area contributed by atoms with Crippen LogP contribution in [0.15, 0.2) is 48.5 Å². The molecule has 1 N–H and O–H groups in total. The largest absolute Gasteiger partial charge is 0.481 e. The van der Waals surface area contributed by atoms with Crippen molar-refractivity contribution in [3.8, 4) is 0 Å². The first-order valence-corrected chi connectivity index (χ1v) is 10.1. The smallest absolute Gasteiger partial charge is 0.308 e. The van der Waals surface area contributed by atoms with E-state index in [4.69, 9.17) is 0 Å². The fraction of sp³-hybridized carbons (Fsp3) is 0.316. The Labute approximate surface area is 156 Å². The van der Waals surface area contributed by atoms with Crippen molar-refractivity contribution in [1.82, 2.24) is 4.31 Å². The van der Waals surface area contributed by atoms with Gasteiger partial charge in [-0.15, -0.1) is 0 Å². The normalized spacial score (nSPS) is 20.7. The van der Waals surface area contributed by atoms with Crippen LogP contribution in [0.5, 0.6) is 0 Å². The monoisotopic (exact) mass is 395 g/mol. The molecule has 5 nitrogen and oxygen atoms in total. The summed E-state index contributed by atoms with van der Waals surface area (Å²) in [6.45, 7) is -0.125. The van der Waals surface area contributed by atoms with Gasteiger partial charge in [0.25, 0.3) is 0 Å². The van der Waals surface area contributed by atoms with Crippen molar-refractivity contribution in [3.05, 3.63) is 71.3 Å². The third-order valence-corrected chi connectivity index (χ3v) is 6.70. The van der Waals surface area contributed by atoms with E-state index < -0.39 is 45.2 Å². The molecular weight excluding hydrogens is 376 g/mol. The predicted octanol–water partition coefficient (Wildman–Crippen LogP) is 2.64. The van der Waals surface area contributed by atoms with E-state index in [9.17, 15) is 27.1 Å². The minimum atomic E-state index is -3.86. The molecule has 1 saturated heterocycles. The van der Waals surface area contributed by atoms with Gasteiger partial charge in [-0.2, -0.15) is 0 Å². The van der Waals surface area contributed by atoms with Crippen molar-refractivity contribution in [2.24, 2.45) is 5.92 Å². The molecule has 2 aromatic carbocycles. The summed E-state index contributed by atoms with van der Waals surface area (Å²) < 4.78 is 53.9. The number of rotatable bonds is 6. The van der Waals surface area contributed by atoms with Crippen molar-refractivity contribution < 1.29 is 27.1 Å². The lowest BCUT2D eigenvalue weighted by atomic mass is 9.89. The maximum Gasteiger partial charge on any atom is 0.308 e. The fourth-order valence-electron chi connectivity index (χ4n) is 3.41. The summed E-state index contributed by atoms with van der Waals surface area (Å²) in [5, 5.41) is 9.49. The van der Waals surface area contributed by atoms with Gasteiger partial charge in [0.05, 0.1) is 11.7 Å². The summed E-state index contributed by atoms with van der Waals surface area (Å²) in [6, 6.07) is 12.2. The third-order valence-electron chi connectivity index (χ3n) is 4.90. The highest BCUT2D eigenvalue weighted by Crippen LogP contribution is 2.34. The first-order valence-electron chi connectivity index (χ1n) is 8.48. The summed E-state index contributed by atoms with van der Waals surface area (Å²) in [6.07, 6.45) is -0.314. The van der Waals surface area contributed by atoms with Crippen molar-refractivity contribution >= 4 is 16.0 Å². The Balaban J connectivity index is 1.78. The van der Waals surface area contributed by atoms with E-state index in [1.54, 1.807) is 30.3 Å². The van der Waals surface area contributed by atoms with Crippen LogP contribution in [0, 0.1) is 17.6 Å². The molecule has 0 amide bonds. The second-order valence-corrected chi connectivity index (χ2v) is 8.63. The van der Waals surface area contributed by atoms with Crippen LogP contribution >= 0.6 is 0 Å². The van der Waals surface area contributed by atoms with Gasteiger partial charge in [0.15, 0.2) is 0 Å². The molecule has 1 fully saturated rings. The number of hydrogen-bond donors (Lipinski definition) is 1. The molecule has 0 saturated carbocycles. The van der Waals surface area contributed by atoms with Gasteiger partial charge < -0.3 is 5.11 Å². The van der Waals surface area contributed by atoms with E-state index in [0.717, 1.165) is 22.0 Å². The first kappa shape index (κ1) is 19.4. The SMILES string of the molecule is O=C(O)[C@H]1CN(S(=O)(=O)CCc2c(F)cccc2F)C[C@@H]1c1ccccc1. The zero-order chi connectivity index (χ0) is 19.6.